The number of likely N-dealkylation sites (tertiary alicyclic amines) is 1. The van der Waals surface area contributed by atoms with Gasteiger partial charge in [0.05, 0.1) is 22.6 Å². The molecule has 3 aromatic heterocycles. The van der Waals surface area contributed by atoms with Crippen molar-refractivity contribution in [2.75, 3.05) is 18.8 Å². The molecule has 11 heteroatoms. The van der Waals surface area contributed by atoms with E-state index in [1.54, 1.807) is 4.57 Å². The summed E-state index contributed by atoms with van der Waals surface area (Å²) in [6, 6.07) is 8.48. The monoisotopic (exact) mass is 605 g/mol. The van der Waals surface area contributed by atoms with Crippen molar-refractivity contribution in [2.45, 2.75) is 104 Å². The molecule has 1 aliphatic heterocycles. The number of anilines is 1. The topological polar surface area (TPSA) is 113 Å². The molecule has 1 fully saturated rings. The highest BCUT2D eigenvalue weighted by molar-refractivity contribution is 6.74. The summed E-state index contributed by atoms with van der Waals surface area (Å²) in [5.41, 5.74) is 8.34. The van der Waals surface area contributed by atoms with Gasteiger partial charge in [0.15, 0.2) is 5.65 Å². The molecule has 1 aliphatic rings. The normalized spacial score (nSPS) is 16.0. The van der Waals surface area contributed by atoms with Gasteiger partial charge in [-0.3, -0.25) is 0 Å². The minimum absolute atomic E-state index is 0.0458. The standard InChI is InChI=1S/C32H47N7O3Si/c1-20(2)37-15-13-22(14-16-37)39-29-26(28(33)34-19-35-29)27(36-39)25-18-21-17-23(42-43(9,10)32(6,7)8)11-12-24(21)38(25)30(40)41-31(3,4)5/h11-12,17-20,22H,13-16H2,1-10H3,(H2,33,34,35). The molecular weight excluding hydrogens is 558 g/mol. The lowest BCUT2D eigenvalue weighted by molar-refractivity contribution is 0.0547. The van der Waals surface area contributed by atoms with Crippen molar-refractivity contribution >= 4 is 42.2 Å². The number of aromatic nitrogens is 5. The van der Waals surface area contributed by atoms with Crippen LogP contribution in [0.5, 0.6) is 5.75 Å². The summed E-state index contributed by atoms with van der Waals surface area (Å²) in [5.74, 6) is 1.11. The van der Waals surface area contributed by atoms with Crippen molar-refractivity contribution in [3.05, 3.63) is 30.6 Å². The summed E-state index contributed by atoms with van der Waals surface area (Å²) in [4.78, 5) is 25.3. The Balaban J connectivity index is 1.68. The maximum Gasteiger partial charge on any atom is 0.419 e. The Bertz CT molecular complexity index is 1650. The van der Waals surface area contributed by atoms with Crippen molar-refractivity contribution in [1.29, 1.82) is 0 Å². The lowest BCUT2D eigenvalue weighted by Crippen LogP contribution is -2.43. The first kappa shape index (κ1) is 31.0. The van der Waals surface area contributed by atoms with Crippen LogP contribution in [0, 0.1) is 0 Å². The molecule has 0 spiro atoms. The first-order chi connectivity index (χ1) is 20.0. The molecule has 10 nitrogen and oxygen atoms in total. The van der Waals surface area contributed by atoms with Crippen LogP contribution in [0.1, 0.15) is 74.3 Å². The van der Waals surface area contributed by atoms with Crippen LogP contribution in [-0.2, 0) is 4.74 Å². The van der Waals surface area contributed by atoms with E-state index in [1.807, 2.05) is 49.7 Å². The van der Waals surface area contributed by atoms with E-state index in [2.05, 4.69) is 62.6 Å². The molecule has 2 N–H and O–H groups in total. The van der Waals surface area contributed by atoms with Gasteiger partial charge in [0.25, 0.3) is 0 Å². The molecular formula is C32H47N7O3Si. The average Bonchev–Trinajstić information content (AvgIpc) is 3.46. The molecule has 0 bridgehead atoms. The fraction of sp³-hybridized carbons (Fsp3) is 0.562. The third-order valence-corrected chi connectivity index (χ3v) is 13.2. The zero-order chi connectivity index (χ0) is 31.5. The van der Waals surface area contributed by atoms with Crippen LogP contribution in [-0.4, -0.2) is 68.4 Å². The zero-order valence-corrected chi connectivity index (χ0v) is 28.4. The second-order valence-corrected chi connectivity index (χ2v) is 19.3. The van der Waals surface area contributed by atoms with Crippen LogP contribution >= 0.6 is 0 Å². The number of benzene rings is 1. The second-order valence-electron chi connectivity index (χ2n) is 14.5. The first-order valence-corrected chi connectivity index (χ1v) is 18.2. The van der Waals surface area contributed by atoms with Gasteiger partial charge in [-0.15, -0.1) is 0 Å². The predicted molar refractivity (Wildman–Crippen MR) is 175 cm³/mol. The molecule has 4 heterocycles. The summed E-state index contributed by atoms with van der Waals surface area (Å²) in [6.07, 6.45) is 2.89. The van der Waals surface area contributed by atoms with E-state index >= 15 is 0 Å². The van der Waals surface area contributed by atoms with Gasteiger partial charge in [-0.1, -0.05) is 20.8 Å². The van der Waals surface area contributed by atoms with Gasteiger partial charge in [-0.25, -0.2) is 24.0 Å². The Morgan fingerprint density at radius 2 is 1.72 bits per heavy atom. The quantitative estimate of drug-likeness (QED) is 0.237. The van der Waals surface area contributed by atoms with Crippen LogP contribution in [0.3, 0.4) is 0 Å². The minimum atomic E-state index is -2.08. The van der Waals surface area contributed by atoms with Crippen molar-refractivity contribution in [3.63, 3.8) is 0 Å². The molecule has 0 amide bonds. The Morgan fingerprint density at radius 3 is 2.33 bits per heavy atom. The van der Waals surface area contributed by atoms with Gasteiger partial charge in [0, 0.05) is 24.5 Å². The molecule has 0 aliphatic carbocycles. The number of carbonyl (C=O) groups is 1. The molecule has 232 valence electrons. The molecule has 4 aromatic rings. The predicted octanol–water partition coefficient (Wildman–Crippen LogP) is 7.24. The fourth-order valence-electron chi connectivity index (χ4n) is 5.46. The fourth-order valence-corrected chi connectivity index (χ4v) is 6.48. The van der Waals surface area contributed by atoms with E-state index < -0.39 is 20.0 Å². The van der Waals surface area contributed by atoms with E-state index in [1.165, 1.54) is 6.33 Å². The number of piperidine rings is 1. The molecule has 0 radical (unpaired) electrons. The van der Waals surface area contributed by atoms with Crippen LogP contribution in [0.4, 0.5) is 10.6 Å². The van der Waals surface area contributed by atoms with Crippen molar-refractivity contribution in [3.8, 4) is 17.1 Å². The Morgan fingerprint density at radius 1 is 1.05 bits per heavy atom. The maximum atomic E-state index is 13.8. The molecule has 0 saturated carbocycles. The molecule has 5 rings (SSSR count). The number of hydrogen-bond donors (Lipinski definition) is 1. The van der Waals surface area contributed by atoms with Gasteiger partial charge in [0.1, 0.15) is 29.2 Å². The molecule has 0 unspecified atom stereocenters. The molecule has 43 heavy (non-hydrogen) atoms. The van der Waals surface area contributed by atoms with Crippen molar-refractivity contribution < 1.29 is 14.0 Å². The number of nitrogens with two attached hydrogens (primary N) is 1. The highest BCUT2D eigenvalue weighted by Gasteiger charge is 2.39. The van der Waals surface area contributed by atoms with Gasteiger partial charge in [0.2, 0.25) is 8.32 Å². The molecule has 1 aromatic carbocycles. The van der Waals surface area contributed by atoms with Gasteiger partial charge in [-0.05, 0) is 89.9 Å². The highest BCUT2D eigenvalue weighted by Crippen LogP contribution is 2.40. The lowest BCUT2D eigenvalue weighted by Gasteiger charge is -2.36. The van der Waals surface area contributed by atoms with Crippen LogP contribution in [0.25, 0.3) is 33.3 Å². The summed E-state index contributed by atoms with van der Waals surface area (Å²) < 4.78 is 16.1. The number of carbonyl (C=O) groups excluding carboxylic acids is 1. The lowest BCUT2D eigenvalue weighted by atomic mass is 10.0. The SMILES string of the molecule is CC(C)N1CCC(n2nc(-c3cc4cc(O[Si](C)(C)C(C)(C)C)ccc4n3C(=O)OC(C)(C)C)c3c(N)ncnc32)CC1. The summed E-state index contributed by atoms with van der Waals surface area (Å²) in [6.45, 7) is 23.1. The van der Waals surface area contributed by atoms with E-state index in [0.717, 1.165) is 37.1 Å². The first-order valence-electron chi connectivity index (χ1n) is 15.3. The van der Waals surface area contributed by atoms with E-state index in [9.17, 15) is 4.79 Å². The zero-order valence-electron chi connectivity index (χ0n) is 27.4. The van der Waals surface area contributed by atoms with Crippen LogP contribution in [0.15, 0.2) is 30.6 Å². The number of nitrogen functional groups attached to an aromatic ring is 1. The van der Waals surface area contributed by atoms with Crippen LogP contribution in [0.2, 0.25) is 18.1 Å². The number of ether oxygens (including phenoxy) is 1. The third-order valence-electron chi connectivity index (χ3n) is 8.86. The van der Waals surface area contributed by atoms with Crippen molar-refractivity contribution in [1.82, 2.24) is 29.2 Å². The van der Waals surface area contributed by atoms with Gasteiger partial charge < -0.3 is 19.8 Å². The van der Waals surface area contributed by atoms with Crippen molar-refractivity contribution in [2.24, 2.45) is 0 Å². The summed E-state index contributed by atoms with van der Waals surface area (Å²) in [5, 5.41) is 6.66. The second kappa shape index (κ2) is 10.9. The van der Waals surface area contributed by atoms with Crippen LogP contribution < -0.4 is 10.2 Å². The molecule has 0 atom stereocenters. The Labute approximate surface area is 255 Å². The van der Waals surface area contributed by atoms with E-state index in [-0.39, 0.29) is 11.1 Å². The maximum absolute atomic E-state index is 13.8. The Kier molecular flexibility index (Phi) is 7.87. The summed E-state index contributed by atoms with van der Waals surface area (Å²) in [7, 11) is -2.08. The number of nitrogens with zero attached hydrogens (tertiary/aromatic N) is 6. The summed E-state index contributed by atoms with van der Waals surface area (Å²) >= 11 is 0. The highest BCUT2D eigenvalue weighted by atomic mass is 28.4. The van der Waals surface area contributed by atoms with Gasteiger partial charge >= 0.3 is 6.09 Å². The minimum Gasteiger partial charge on any atom is -0.543 e. The third kappa shape index (κ3) is 6.01. The molecule has 1 saturated heterocycles. The van der Waals surface area contributed by atoms with E-state index in [0.29, 0.717) is 39.8 Å². The Hall–Kier alpha value is -3.44. The number of fused-ring (bicyclic) bond motifs is 2. The smallest absolute Gasteiger partial charge is 0.419 e. The number of hydrogen-bond acceptors (Lipinski definition) is 8. The van der Waals surface area contributed by atoms with E-state index in [4.69, 9.17) is 20.0 Å². The average molecular weight is 606 g/mol. The van der Waals surface area contributed by atoms with Gasteiger partial charge in [-0.2, -0.15) is 5.10 Å². The largest absolute Gasteiger partial charge is 0.543 e. The number of rotatable bonds is 5.